The number of ether oxygens (including phenoxy) is 1. The molecule has 0 aliphatic carbocycles. The standard InChI is InChI=1S/C15H17NO2/c1-10(2)15-12(7-5-9-16)14(17)11-6-3-4-8-13(11)18-15/h3-4,6,8,10,12,15H,5,7H2,1-2H3. The summed E-state index contributed by atoms with van der Waals surface area (Å²) in [6, 6.07) is 9.47. The highest BCUT2D eigenvalue weighted by Gasteiger charge is 2.38. The number of para-hydroxylation sites is 1. The number of hydrogen-bond donors (Lipinski definition) is 0. The van der Waals surface area contributed by atoms with Crippen LogP contribution in [0.1, 0.15) is 37.0 Å². The lowest BCUT2D eigenvalue weighted by atomic mass is 9.81. The second kappa shape index (κ2) is 5.22. The molecule has 1 aliphatic heterocycles. The Balaban J connectivity index is 2.33. The molecular formula is C15H17NO2. The van der Waals surface area contributed by atoms with Gasteiger partial charge in [-0.1, -0.05) is 26.0 Å². The zero-order valence-corrected chi connectivity index (χ0v) is 10.7. The van der Waals surface area contributed by atoms with Crippen molar-refractivity contribution in [2.24, 2.45) is 11.8 Å². The van der Waals surface area contributed by atoms with Gasteiger partial charge in [-0.2, -0.15) is 5.26 Å². The smallest absolute Gasteiger partial charge is 0.173 e. The number of ketones is 1. The molecule has 1 aromatic rings. The predicted molar refractivity (Wildman–Crippen MR) is 68.4 cm³/mol. The van der Waals surface area contributed by atoms with Gasteiger partial charge < -0.3 is 4.74 Å². The van der Waals surface area contributed by atoms with Gasteiger partial charge in [0, 0.05) is 6.42 Å². The summed E-state index contributed by atoms with van der Waals surface area (Å²) >= 11 is 0. The summed E-state index contributed by atoms with van der Waals surface area (Å²) in [5, 5.41) is 8.70. The zero-order valence-electron chi connectivity index (χ0n) is 10.7. The van der Waals surface area contributed by atoms with Gasteiger partial charge >= 0.3 is 0 Å². The van der Waals surface area contributed by atoms with Crippen molar-refractivity contribution in [1.82, 2.24) is 0 Å². The van der Waals surface area contributed by atoms with Gasteiger partial charge in [-0.05, 0) is 24.5 Å². The quantitative estimate of drug-likeness (QED) is 0.819. The van der Waals surface area contributed by atoms with E-state index in [9.17, 15) is 4.79 Å². The molecule has 0 spiro atoms. The first kappa shape index (κ1) is 12.6. The Morgan fingerprint density at radius 1 is 1.39 bits per heavy atom. The van der Waals surface area contributed by atoms with E-state index in [1.807, 2.05) is 32.0 Å². The summed E-state index contributed by atoms with van der Waals surface area (Å²) in [7, 11) is 0. The number of nitriles is 1. The Kier molecular flexibility index (Phi) is 3.66. The summed E-state index contributed by atoms with van der Waals surface area (Å²) in [5.74, 6) is 0.853. The predicted octanol–water partition coefficient (Wildman–Crippen LogP) is 3.21. The number of benzene rings is 1. The van der Waals surface area contributed by atoms with Crippen LogP contribution in [0.3, 0.4) is 0 Å². The first-order chi connectivity index (χ1) is 8.65. The van der Waals surface area contributed by atoms with Crippen LogP contribution < -0.4 is 4.74 Å². The highest BCUT2D eigenvalue weighted by molar-refractivity contribution is 6.01. The lowest BCUT2D eigenvalue weighted by Crippen LogP contribution is -2.41. The Morgan fingerprint density at radius 3 is 2.78 bits per heavy atom. The van der Waals surface area contributed by atoms with E-state index >= 15 is 0 Å². The van der Waals surface area contributed by atoms with Crippen LogP contribution in [0.5, 0.6) is 5.75 Å². The highest BCUT2D eigenvalue weighted by Crippen LogP contribution is 2.35. The van der Waals surface area contributed by atoms with Crippen LogP contribution in [0.4, 0.5) is 0 Å². The lowest BCUT2D eigenvalue weighted by molar-refractivity contribution is 0.0496. The summed E-state index contributed by atoms with van der Waals surface area (Å²) in [6.45, 7) is 4.09. The molecule has 0 saturated carbocycles. The third kappa shape index (κ3) is 2.24. The van der Waals surface area contributed by atoms with Crippen molar-refractivity contribution in [3.63, 3.8) is 0 Å². The van der Waals surface area contributed by atoms with Crippen molar-refractivity contribution < 1.29 is 9.53 Å². The maximum absolute atomic E-state index is 12.4. The fourth-order valence-electron chi connectivity index (χ4n) is 2.47. The van der Waals surface area contributed by atoms with Gasteiger partial charge in [0.15, 0.2) is 5.78 Å². The van der Waals surface area contributed by atoms with Gasteiger partial charge in [-0.15, -0.1) is 0 Å². The first-order valence-electron chi connectivity index (χ1n) is 6.32. The molecule has 0 bridgehead atoms. The van der Waals surface area contributed by atoms with Crippen LogP contribution in [-0.2, 0) is 0 Å². The number of nitrogens with zero attached hydrogens (tertiary/aromatic N) is 1. The maximum atomic E-state index is 12.4. The van der Waals surface area contributed by atoms with Crippen LogP contribution in [0.2, 0.25) is 0 Å². The third-order valence-electron chi connectivity index (χ3n) is 3.37. The van der Waals surface area contributed by atoms with E-state index in [0.29, 0.717) is 24.2 Å². The Labute approximate surface area is 107 Å². The van der Waals surface area contributed by atoms with Crippen LogP contribution in [0.25, 0.3) is 0 Å². The molecule has 0 amide bonds. The van der Waals surface area contributed by atoms with E-state index in [2.05, 4.69) is 6.07 Å². The number of hydrogen-bond acceptors (Lipinski definition) is 3. The number of Topliss-reactive ketones (excluding diaryl/α,β-unsaturated/α-hetero) is 1. The van der Waals surface area contributed by atoms with E-state index in [0.717, 1.165) is 0 Å². The largest absolute Gasteiger partial charge is 0.489 e. The molecule has 18 heavy (non-hydrogen) atoms. The molecule has 1 aromatic carbocycles. The minimum absolute atomic E-state index is 0.116. The number of rotatable bonds is 3. The SMILES string of the molecule is CC(C)C1Oc2ccccc2C(=O)C1CCC#N. The van der Waals surface area contributed by atoms with Crippen LogP contribution in [-0.4, -0.2) is 11.9 Å². The van der Waals surface area contributed by atoms with Crippen molar-refractivity contribution in [1.29, 1.82) is 5.26 Å². The summed E-state index contributed by atoms with van der Waals surface area (Å²) in [6.07, 6.45) is 0.846. The molecule has 3 heteroatoms. The van der Waals surface area contributed by atoms with Gasteiger partial charge in [0.1, 0.15) is 11.9 Å². The van der Waals surface area contributed by atoms with Crippen molar-refractivity contribution >= 4 is 5.78 Å². The second-order valence-corrected chi connectivity index (χ2v) is 4.99. The average molecular weight is 243 g/mol. The first-order valence-corrected chi connectivity index (χ1v) is 6.32. The summed E-state index contributed by atoms with van der Waals surface area (Å²) in [4.78, 5) is 12.4. The fourth-order valence-corrected chi connectivity index (χ4v) is 2.47. The molecule has 0 saturated heterocycles. The Bertz CT molecular complexity index is 488. The molecular weight excluding hydrogens is 226 g/mol. The summed E-state index contributed by atoms with van der Waals surface area (Å²) in [5.41, 5.74) is 0.650. The minimum atomic E-state index is -0.195. The minimum Gasteiger partial charge on any atom is -0.489 e. The highest BCUT2D eigenvalue weighted by atomic mass is 16.5. The summed E-state index contributed by atoms with van der Waals surface area (Å²) < 4.78 is 5.94. The van der Waals surface area contributed by atoms with E-state index in [-0.39, 0.29) is 23.7 Å². The van der Waals surface area contributed by atoms with Crippen LogP contribution in [0.15, 0.2) is 24.3 Å². The molecule has 3 nitrogen and oxygen atoms in total. The van der Waals surface area contributed by atoms with Gasteiger partial charge in [-0.25, -0.2) is 0 Å². The van der Waals surface area contributed by atoms with Crippen molar-refractivity contribution in [2.75, 3.05) is 0 Å². The molecule has 0 N–H and O–H groups in total. The van der Waals surface area contributed by atoms with Gasteiger partial charge in [-0.3, -0.25) is 4.79 Å². The molecule has 2 unspecified atom stereocenters. The molecule has 0 fully saturated rings. The number of fused-ring (bicyclic) bond motifs is 1. The lowest BCUT2D eigenvalue weighted by Gasteiger charge is -2.34. The molecule has 0 radical (unpaired) electrons. The van der Waals surface area contributed by atoms with Gasteiger partial charge in [0.05, 0.1) is 17.6 Å². The van der Waals surface area contributed by atoms with Crippen LogP contribution >= 0.6 is 0 Å². The Hall–Kier alpha value is -1.82. The van der Waals surface area contributed by atoms with Crippen LogP contribution in [0, 0.1) is 23.2 Å². The molecule has 1 aliphatic rings. The second-order valence-electron chi connectivity index (χ2n) is 4.99. The normalized spacial score (nSPS) is 22.2. The van der Waals surface area contributed by atoms with Crippen molar-refractivity contribution in [3.05, 3.63) is 29.8 Å². The number of carbonyl (C=O) groups excluding carboxylic acids is 1. The fraction of sp³-hybridized carbons (Fsp3) is 0.467. The van der Waals surface area contributed by atoms with E-state index in [1.54, 1.807) is 6.07 Å². The molecule has 2 atom stereocenters. The molecule has 94 valence electrons. The molecule has 0 aromatic heterocycles. The third-order valence-corrected chi connectivity index (χ3v) is 3.37. The number of carbonyl (C=O) groups is 1. The Morgan fingerprint density at radius 2 is 2.11 bits per heavy atom. The van der Waals surface area contributed by atoms with E-state index < -0.39 is 0 Å². The molecule has 2 rings (SSSR count). The van der Waals surface area contributed by atoms with E-state index in [1.165, 1.54) is 0 Å². The average Bonchev–Trinajstić information content (AvgIpc) is 2.37. The van der Waals surface area contributed by atoms with Crippen molar-refractivity contribution in [3.8, 4) is 11.8 Å². The van der Waals surface area contributed by atoms with Gasteiger partial charge in [0.2, 0.25) is 0 Å². The topological polar surface area (TPSA) is 50.1 Å². The monoisotopic (exact) mass is 243 g/mol. The van der Waals surface area contributed by atoms with Crippen molar-refractivity contribution in [2.45, 2.75) is 32.8 Å². The van der Waals surface area contributed by atoms with E-state index in [4.69, 9.17) is 10.00 Å². The maximum Gasteiger partial charge on any atom is 0.173 e. The van der Waals surface area contributed by atoms with Gasteiger partial charge in [0.25, 0.3) is 0 Å². The zero-order chi connectivity index (χ0) is 13.1. The molecule has 1 heterocycles.